The molecule has 0 amide bonds. The zero-order valence-electron chi connectivity index (χ0n) is 23.7. The van der Waals surface area contributed by atoms with Gasteiger partial charge in [0.2, 0.25) is 0 Å². The van der Waals surface area contributed by atoms with Crippen LogP contribution in [0.3, 0.4) is 0 Å². The fraction of sp³-hybridized carbons (Fsp3) is 0.968. The molecule has 11 atom stereocenters. The molecule has 0 spiro atoms. The Bertz CT molecular complexity index is 879. The highest BCUT2D eigenvalue weighted by atomic mass is 16.5. The molecule has 0 bridgehead atoms. The molecule has 5 aliphatic carbocycles. The molecule has 0 aromatic carbocycles. The maximum atomic E-state index is 12.5. The molecule has 5 fully saturated rings. The first-order chi connectivity index (χ1) is 16.1. The van der Waals surface area contributed by atoms with Crippen LogP contribution in [0.1, 0.15) is 113 Å². The van der Waals surface area contributed by atoms with E-state index in [2.05, 4.69) is 41.5 Å². The van der Waals surface area contributed by atoms with E-state index in [1.807, 2.05) is 0 Å². The van der Waals surface area contributed by atoms with Gasteiger partial charge in [0, 0.05) is 5.92 Å². The predicted octanol–water partition coefficient (Wildman–Crippen LogP) is 6.37. The van der Waals surface area contributed by atoms with Crippen molar-refractivity contribution in [1.82, 2.24) is 0 Å². The predicted molar refractivity (Wildman–Crippen MR) is 138 cm³/mol. The van der Waals surface area contributed by atoms with Crippen LogP contribution in [-0.2, 0) is 9.53 Å². The minimum Gasteiger partial charge on any atom is -0.467 e. The van der Waals surface area contributed by atoms with Crippen LogP contribution >= 0.6 is 0 Å². The van der Waals surface area contributed by atoms with Crippen molar-refractivity contribution in [2.24, 2.45) is 56.7 Å². The number of fused-ring (bicyclic) bond motifs is 7. The van der Waals surface area contributed by atoms with Gasteiger partial charge in [-0.15, -0.1) is 0 Å². The summed E-state index contributed by atoms with van der Waals surface area (Å²) in [4.78, 5) is 12.5. The second-order valence-electron chi connectivity index (χ2n) is 15.4. The summed E-state index contributed by atoms with van der Waals surface area (Å²) in [6.45, 7) is 16.7. The molecule has 11 unspecified atom stereocenters. The lowest BCUT2D eigenvalue weighted by molar-refractivity contribution is -0.253. The highest BCUT2D eigenvalue weighted by Crippen LogP contribution is 2.78. The van der Waals surface area contributed by atoms with Crippen LogP contribution in [-0.4, -0.2) is 35.0 Å². The second-order valence-corrected chi connectivity index (χ2v) is 15.4. The van der Waals surface area contributed by atoms with Gasteiger partial charge >= 0.3 is 5.97 Å². The largest absolute Gasteiger partial charge is 0.467 e. The summed E-state index contributed by atoms with van der Waals surface area (Å²) in [7, 11) is 1.40. The number of carbonyl (C=O) groups excluding carboxylic acids is 1. The van der Waals surface area contributed by atoms with Crippen molar-refractivity contribution in [2.45, 2.75) is 124 Å². The number of ether oxygens (including phenoxy) is 1. The Labute approximate surface area is 214 Å². The average molecular weight is 489 g/mol. The van der Waals surface area contributed by atoms with Crippen molar-refractivity contribution in [3.05, 3.63) is 0 Å². The third kappa shape index (κ3) is 3.08. The topological polar surface area (TPSA) is 66.8 Å². The Morgan fingerprint density at radius 3 is 1.91 bits per heavy atom. The lowest BCUT2D eigenvalue weighted by Crippen LogP contribution is -2.67. The van der Waals surface area contributed by atoms with E-state index < -0.39 is 11.6 Å². The lowest BCUT2D eigenvalue weighted by Gasteiger charge is -2.73. The molecular formula is C31H52O4. The van der Waals surface area contributed by atoms with E-state index in [9.17, 15) is 15.0 Å². The van der Waals surface area contributed by atoms with Gasteiger partial charge in [0.1, 0.15) is 0 Å². The van der Waals surface area contributed by atoms with Crippen molar-refractivity contribution in [2.75, 3.05) is 7.11 Å². The van der Waals surface area contributed by atoms with Crippen LogP contribution in [0.5, 0.6) is 0 Å². The summed E-state index contributed by atoms with van der Waals surface area (Å²) in [6.07, 6.45) is 11.3. The highest BCUT2D eigenvalue weighted by molar-refractivity contribution is 5.79. The SMILES string of the molecule is COC(=O)C(C)(O)C1CCC2(C)C1CCC1(C)C2CCC2C3(C)CCC(O)C(C)(C)C3CCC21C. The first-order valence-corrected chi connectivity index (χ1v) is 14.6. The van der Waals surface area contributed by atoms with E-state index in [-0.39, 0.29) is 28.3 Å². The molecule has 5 aliphatic rings. The molecule has 0 heterocycles. The van der Waals surface area contributed by atoms with Gasteiger partial charge in [0.05, 0.1) is 13.2 Å². The first-order valence-electron chi connectivity index (χ1n) is 14.6. The number of methoxy groups -OCH3 is 1. The number of rotatable bonds is 2. The Morgan fingerprint density at radius 1 is 0.771 bits per heavy atom. The maximum absolute atomic E-state index is 12.5. The van der Waals surface area contributed by atoms with Crippen molar-refractivity contribution in [3.8, 4) is 0 Å². The summed E-state index contributed by atoms with van der Waals surface area (Å²) in [5, 5.41) is 22.2. The molecule has 35 heavy (non-hydrogen) atoms. The number of hydrogen-bond acceptors (Lipinski definition) is 4. The lowest BCUT2D eigenvalue weighted by atomic mass is 9.32. The van der Waals surface area contributed by atoms with Crippen molar-refractivity contribution in [1.29, 1.82) is 0 Å². The molecule has 0 aliphatic heterocycles. The van der Waals surface area contributed by atoms with E-state index in [0.29, 0.717) is 34.5 Å². The molecule has 5 saturated carbocycles. The molecule has 4 nitrogen and oxygen atoms in total. The molecule has 5 rings (SSSR count). The van der Waals surface area contributed by atoms with Gasteiger partial charge in [-0.05, 0) is 122 Å². The quantitative estimate of drug-likeness (QED) is 0.443. The van der Waals surface area contributed by atoms with E-state index in [1.54, 1.807) is 6.92 Å². The van der Waals surface area contributed by atoms with Gasteiger partial charge in [0.15, 0.2) is 5.60 Å². The van der Waals surface area contributed by atoms with Crippen LogP contribution in [0.15, 0.2) is 0 Å². The van der Waals surface area contributed by atoms with Gasteiger partial charge in [-0.3, -0.25) is 0 Å². The molecule has 0 aromatic rings. The van der Waals surface area contributed by atoms with Crippen molar-refractivity contribution < 1.29 is 19.7 Å². The zero-order chi connectivity index (χ0) is 25.8. The van der Waals surface area contributed by atoms with Gasteiger partial charge < -0.3 is 14.9 Å². The number of aliphatic hydroxyl groups excluding tert-OH is 1. The van der Waals surface area contributed by atoms with Gasteiger partial charge in [-0.25, -0.2) is 4.79 Å². The van der Waals surface area contributed by atoms with Crippen molar-refractivity contribution >= 4 is 5.97 Å². The fourth-order valence-electron chi connectivity index (χ4n) is 12.2. The van der Waals surface area contributed by atoms with Gasteiger partial charge in [-0.1, -0.05) is 41.5 Å². The summed E-state index contributed by atoms with van der Waals surface area (Å²) < 4.78 is 5.03. The molecular weight excluding hydrogens is 436 g/mol. The summed E-state index contributed by atoms with van der Waals surface area (Å²) in [5.74, 6) is 1.83. The Hall–Kier alpha value is -0.610. The van der Waals surface area contributed by atoms with E-state index in [0.717, 1.165) is 32.1 Å². The molecule has 4 heteroatoms. The summed E-state index contributed by atoms with van der Waals surface area (Å²) in [5.41, 5.74) is -0.352. The third-order valence-electron chi connectivity index (χ3n) is 14.3. The summed E-state index contributed by atoms with van der Waals surface area (Å²) >= 11 is 0. The number of aliphatic hydroxyl groups is 2. The average Bonchev–Trinajstić information content (AvgIpc) is 3.14. The highest BCUT2D eigenvalue weighted by Gasteiger charge is 2.71. The molecule has 0 radical (unpaired) electrons. The fourth-order valence-corrected chi connectivity index (χ4v) is 12.2. The van der Waals surface area contributed by atoms with E-state index in [1.165, 1.54) is 39.2 Å². The summed E-state index contributed by atoms with van der Waals surface area (Å²) in [6, 6.07) is 0. The normalized spacial score (nSPS) is 54.5. The van der Waals surface area contributed by atoms with Gasteiger partial charge in [-0.2, -0.15) is 0 Å². The number of esters is 1. The molecule has 0 aromatic heterocycles. The molecule has 200 valence electrons. The van der Waals surface area contributed by atoms with Crippen molar-refractivity contribution in [3.63, 3.8) is 0 Å². The van der Waals surface area contributed by atoms with E-state index in [4.69, 9.17) is 4.74 Å². The number of carbonyl (C=O) groups is 1. The van der Waals surface area contributed by atoms with Crippen LogP contribution < -0.4 is 0 Å². The smallest absolute Gasteiger partial charge is 0.337 e. The van der Waals surface area contributed by atoms with Crippen LogP contribution in [0.2, 0.25) is 0 Å². The Kier molecular flexibility index (Phi) is 5.73. The molecule has 2 N–H and O–H groups in total. The van der Waals surface area contributed by atoms with Gasteiger partial charge in [0.25, 0.3) is 0 Å². The minimum absolute atomic E-state index is 0.00609. The molecule has 0 saturated heterocycles. The standard InChI is InChI=1S/C31H52O4/c1-26(2)21-13-18-30(6)23(28(21,4)16-14-24(26)32)10-9-22-27(3)15-11-20(31(7,34)25(33)35-8)19(27)12-17-29(22,30)5/h19-24,32,34H,9-18H2,1-8H3. The maximum Gasteiger partial charge on any atom is 0.337 e. The number of hydrogen-bond donors (Lipinski definition) is 2. The third-order valence-corrected chi connectivity index (χ3v) is 14.3. The monoisotopic (exact) mass is 488 g/mol. The minimum atomic E-state index is -1.40. The van der Waals surface area contributed by atoms with E-state index >= 15 is 0 Å². The Balaban J connectivity index is 1.49. The Morgan fingerprint density at radius 2 is 1.31 bits per heavy atom. The first kappa shape index (κ1) is 26.0. The van der Waals surface area contributed by atoms with Crippen LogP contribution in [0.4, 0.5) is 0 Å². The second kappa shape index (κ2) is 7.71. The van der Waals surface area contributed by atoms with Crippen LogP contribution in [0, 0.1) is 56.7 Å². The van der Waals surface area contributed by atoms with Crippen LogP contribution in [0.25, 0.3) is 0 Å². The zero-order valence-corrected chi connectivity index (χ0v) is 23.7.